The lowest BCUT2D eigenvalue weighted by molar-refractivity contribution is 0.0225. The first kappa shape index (κ1) is 14.6. The number of hydrogen-bond acceptors (Lipinski definition) is 3. The first-order chi connectivity index (χ1) is 9.53. The molecule has 0 unspecified atom stereocenters. The Morgan fingerprint density at radius 2 is 1.90 bits per heavy atom. The molecule has 0 aromatic carbocycles. The highest BCUT2D eigenvalue weighted by atomic mass is 32.1. The lowest BCUT2D eigenvalue weighted by Crippen LogP contribution is -2.66. The molecule has 1 N–H and O–H groups in total. The van der Waals surface area contributed by atoms with E-state index < -0.39 is 0 Å². The van der Waals surface area contributed by atoms with E-state index in [2.05, 4.69) is 43.1 Å². The van der Waals surface area contributed by atoms with Crippen molar-refractivity contribution in [3.63, 3.8) is 0 Å². The zero-order valence-electron chi connectivity index (χ0n) is 13.2. The van der Waals surface area contributed by atoms with E-state index >= 15 is 0 Å². The number of nitrogens with zero attached hydrogens (tertiary/aromatic N) is 1. The molecule has 2 nitrogen and oxygen atoms in total. The van der Waals surface area contributed by atoms with E-state index in [1.165, 1.54) is 48.4 Å². The molecular formula is C17H28N2S. The van der Waals surface area contributed by atoms with Crippen molar-refractivity contribution in [2.75, 3.05) is 13.1 Å². The van der Waals surface area contributed by atoms with Crippen molar-refractivity contribution in [3.05, 3.63) is 21.9 Å². The molecule has 0 radical (unpaired) electrons. The molecule has 112 valence electrons. The van der Waals surface area contributed by atoms with Crippen LogP contribution in [0.4, 0.5) is 0 Å². The van der Waals surface area contributed by atoms with Gasteiger partial charge in [0.15, 0.2) is 0 Å². The largest absolute Gasteiger partial charge is 0.308 e. The van der Waals surface area contributed by atoms with Crippen molar-refractivity contribution in [1.82, 2.24) is 10.2 Å². The van der Waals surface area contributed by atoms with E-state index in [4.69, 9.17) is 0 Å². The lowest BCUT2D eigenvalue weighted by atomic mass is 9.87. The van der Waals surface area contributed by atoms with Crippen LogP contribution >= 0.6 is 11.3 Å². The van der Waals surface area contributed by atoms with Gasteiger partial charge in [0.2, 0.25) is 0 Å². The molecule has 1 aromatic rings. The van der Waals surface area contributed by atoms with Crippen LogP contribution < -0.4 is 5.32 Å². The van der Waals surface area contributed by atoms with Gasteiger partial charge < -0.3 is 5.32 Å². The zero-order valence-corrected chi connectivity index (χ0v) is 14.0. The highest BCUT2D eigenvalue weighted by Crippen LogP contribution is 2.36. The Hall–Kier alpha value is -0.380. The van der Waals surface area contributed by atoms with E-state index in [1.54, 1.807) is 0 Å². The molecule has 2 aliphatic rings. The number of aryl methyl sites for hydroxylation is 1. The summed E-state index contributed by atoms with van der Waals surface area (Å²) in [5, 5.41) is 3.88. The predicted octanol–water partition coefficient (Wildman–Crippen LogP) is 3.81. The zero-order chi connectivity index (χ0) is 14.2. The Bertz CT molecular complexity index is 457. The summed E-state index contributed by atoms with van der Waals surface area (Å²) in [4.78, 5) is 5.77. The summed E-state index contributed by atoms with van der Waals surface area (Å²) in [7, 11) is 0. The van der Waals surface area contributed by atoms with Crippen LogP contribution in [0.1, 0.15) is 56.2 Å². The van der Waals surface area contributed by atoms with Crippen LogP contribution in [-0.2, 0) is 13.0 Å². The molecule has 2 fully saturated rings. The molecule has 0 atom stereocenters. The minimum absolute atomic E-state index is 0.268. The molecule has 0 amide bonds. The monoisotopic (exact) mass is 292 g/mol. The summed E-state index contributed by atoms with van der Waals surface area (Å²) >= 11 is 2.00. The van der Waals surface area contributed by atoms with Gasteiger partial charge in [-0.3, -0.25) is 4.90 Å². The fraction of sp³-hybridized carbons (Fsp3) is 0.765. The summed E-state index contributed by atoms with van der Waals surface area (Å²) in [5.74, 6) is 0. The molecule has 0 bridgehead atoms. The van der Waals surface area contributed by atoms with Crippen molar-refractivity contribution < 1.29 is 0 Å². The molecular weight excluding hydrogens is 264 g/mol. The summed E-state index contributed by atoms with van der Waals surface area (Å²) < 4.78 is 0. The van der Waals surface area contributed by atoms with E-state index in [0.717, 1.165) is 13.1 Å². The van der Waals surface area contributed by atoms with Gasteiger partial charge in [-0.2, -0.15) is 0 Å². The Morgan fingerprint density at radius 1 is 1.20 bits per heavy atom. The van der Waals surface area contributed by atoms with Gasteiger partial charge >= 0.3 is 0 Å². The Labute approximate surface area is 127 Å². The van der Waals surface area contributed by atoms with Gasteiger partial charge in [0.25, 0.3) is 0 Å². The summed E-state index contributed by atoms with van der Waals surface area (Å²) in [5.41, 5.74) is 0.685. The number of hydrogen-bond donors (Lipinski definition) is 1. The molecule has 2 heterocycles. The topological polar surface area (TPSA) is 15.3 Å². The second-order valence-electron chi connectivity index (χ2n) is 7.23. The van der Waals surface area contributed by atoms with Crippen LogP contribution in [0, 0.1) is 0 Å². The maximum Gasteiger partial charge on any atom is 0.0334 e. The quantitative estimate of drug-likeness (QED) is 0.911. The maximum atomic E-state index is 3.88. The summed E-state index contributed by atoms with van der Waals surface area (Å²) in [6.45, 7) is 10.5. The number of thiophene rings is 1. The fourth-order valence-corrected chi connectivity index (χ4v) is 4.67. The minimum atomic E-state index is 0.268. The summed E-state index contributed by atoms with van der Waals surface area (Å²) in [6.07, 6.45) is 6.70. The van der Waals surface area contributed by atoms with Crippen molar-refractivity contribution in [2.24, 2.45) is 0 Å². The maximum absolute atomic E-state index is 3.88. The van der Waals surface area contributed by atoms with Gasteiger partial charge in [-0.15, -0.1) is 11.3 Å². The second-order valence-corrected chi connectivity index (χ2v) is 8.48. The first-order valence-electron chi connectivity index (χ1n) is 8.11. The average Bonchev–Trinajstić information content (AvgIpc) is 3.04. The Balaban J connectivity index is 1.74. The fourth-order valence-electron chi connectivity index (χ4n) is 3.69. The molecule has 3 rings (SSSR count). The van der Waals surface area contributed by atoms with Crippen molar-refractivity contribution in [2.45, 2.75) is 70.5 Å². The van der Waals surface area contributed by atoms with E-state index in [9.17, 15) is 0 Å². The van der Waals surface area contributed by atoms with E-state index in [1.807, 2.05) is 11.3 Å². The number of rotatable bonds is 3. The smallest absolute Gasteiger partial charge is 0.0334 e. The molecule has 1 aliphatic heterocycles. The predicted molar refractivity (Wildman–Crippen MR) is 87.4 cm³/mol. The third kappa shape index (κ3) is 2.81. The van der Waals surface area contributed by atoms with Gasteiger partial charge in [0, 0.05) is 40.5 Å². The standard InChI is InChI=1S/C17H28N2S/c1-4-14-7-8-15(20-14)11-19-13-17(9-5-6-10-17)18-12-16(19,2)3/h7-8,18H,4-6,9-13H2,1-3H3. The van der Waals surface area contributed by atoms with Crippen molar-refractivity contribution in [3.8, 4) is 0 Å². The summed E-state index contributed by atoms with van der Waals surface area (Å²) in [6, 6.07) is 4.64. The van der Waals surface area contributed by atoms with Crippen molar-refractivity contribution >= 4 is 11.3 Å². The van der Waals surface area contributed by atoms with Crippen LogP contribution in [0.3, 0.4) is 0 Å². The highest BCUT2D eigenvalue weighted by molar-refractivity contribution is 7.11. The second kappa shape index (κ2) is 5.43. The van der Waals surface area contributed by atoms with Crippen molar-refractivity contribution in [1.29, 1.82) is 0 Å². The number of piperazine rings is 1. The number of nitrogens with one attached hydrogen (secondary N) is 1. The first-order valence-corrected chi connectivity index (χ1v) is 8.92. The van der Waals surface area contributed by atoms with Crippen LogP contribution in [0.2, 0.25) is 0 Å². The van der Waals surface area contributed by atoms with Crippen LogP contribution in [0.15, 0.2) is 12.1 Å². The van der Waals surface area contributed by atoms with E-state index in [0.29, 0.717) is 5.54 Å². The molecule has 1 aromatic heterocycles. The highest BCUT2D eigenvalue weighted by Gasteiger charge is 2.44. The normalized spacial score (nSPS) is 25.4. The Kier molecular flexibility index (Phi) is 3.95. The van der Waals surface area contributed by atoms with Gasteiger partial charge in [0.05, 0.1) is 0 Å². The lowest BCUT2D eigenvalue weighted by Gasteiger charge is -2.51. The van der Waals surface area contributed by atoms with Crippen LogP contribution in [-0.4, -0.2) is 29.1 Å². The molecule has 1 saturated carbocycles. The molecule has 20 heavy (non-hydrogen) atoms. The minimum Gasteiger partial charge on any atom is -0.308 e. The van der Waals surface area contributed by atoms with Crippen LogP contribution in [0.5, 0.6) is 0 Å². The van der Waals surface area contributed by atoms with Gasteiger partial charge in [-0.25, -0.2) is 0 Å². The van der Waals surface area contributed by atoms with Gasteiger partial charge in [-0.05, 0) is 45.2 Å². The third-order valence-electron chi connectivity index (χ3n) is 5.22. The molecule has 1 aliphatic carbocycles. The van der Waals surface area contributed by atoms with E-state index in [-0.39, 0.29) is 5.54 Å². The Morgan fingerprint density at radius 3 is 2.55 bits per heavy atom. The molecule has 1 saturated heterocycles. The molecule has 3 heteroatoms. The SMILES string of the molecule is CCc1ccc(CN2CC3(CCCC3)NCC2(C)C)s1. The molecule has 1 spiro atoms. The average molecular weight is 292 g/mol. The van der Waals surface area contributed by atoms with Gasteiger partial charge in [0.1, 0.15) is 0 Å². The van der Waals surface area contributed by atoms with Gasteiger partial charge in [-0.1, -0.05) is 19.8 Å². The third-order valence-corrected chi connectivity index (χ3v) is 6.43. The van der Waals surface area contributed by atoms with Crippen LogP contribution in [0.25, 0.3) is 0 Å².